The van der Waals surface area contributed by atoms with E-state index in [0.717, 1.165) is 24.3 Å². The van der Waals surface area contributed by atoms with Gasteiger partial charge in [-0.15, -0.1) is 0 Å². The van der Waals surface area contributed by atoms with Crippen molar-refractivity contribution >= 4 is 6.03 Å². The molecule has 0 aliphatic carbocycles. The summed E-state index contributed by atoms with van der Waals surface area (Å²) in [6.45, 7) is 3.86. The van der Waals surface area contributed by atoms with Crippen LogP contribution in [0.1, 0.15) is 43.0 Å². The van der Waals surface area contributed by atoms with Crippen molar-refractivity contribution in [3.05, 3.63) is 101 Å². The molecule has 0 aliphatic heterocycles. The molecule has 3 rings (SSSR count). The van der Waals surface area contributed by atoms with Crippen molar-refractivity contribution < 1.29 is 44.7 Å². The van der Waals surface area contributed by atoms with Crippen molar-refractivity contribution in [2.45, 2.75) is 57.2 Å². The van der Waals surface area contributed by atoms with E-state index in [1.165, 1.54) is 0 Å². The highest BCUT2D eigenvalue weighted by molar-refractivity contribution is 5.76. The number of alkyl halides is 6. The molecule has 4 nitrogen and oxygen atoms in total. The van der Waals surface area contributed by atoms with Crippen molar-refractivity contribution in [3.8, 4) is 5.75 Å². The lowest BCUT2D eigenvalue weighted by Gasteiger charge is -2.37. The van der Waals surface area contributed by atoms with E-state index in [4.69, 9.17) is 4.74 Å². The summed E-state index contributed by atoms with van der Waals surface area (Å²) in [4.78, 5) is 13.0. The molecule has 2 N–H and O–H groups in total. The molecule has 40 heavy (non-hydrogen) atoms. The highest BCUT2D eigenvalue weighted by Crippen LogP contribution is 2.40. The highest BCUT2D eigenvalue weighted by Gasteiger charge is 2.42. The zero-order valence-corrected chi connectivity index (χ0v) is 21.6. The SMILES string of the molecule is CC(C)Oc1cc(C(Cc2ccccc2)(NC(=O)NC(C)C(F)(F)F)c2cc(F)cc(C(F)(F)F)c2)ccc1F. The maximum absolute atomic E-state index is 14.7. The molecule has 0 spiro atoms. The lowest BCUT2D eigenvalue weighted by Crippen LogP contribution is -2.55. The molecule has 0 bridgehead atoms. The molecule has 3 aromatic carbocycles. The van der Waals surface area contributed by atoms with Gasteiger partial charge in [-0.25, -0.2) is 13.6 Å². The molecule has 2 amide bonds. The lowest BCUT2D eigenvalue weighted by atomic mass is 9.77. The third-order valence-electron chi connectivity index (χ3n) is 5.98. The number of rotatable bonds is 8. The van der Waals surface area contributed by atoms with Crippen molar-refractivity contribution in [3.63, 3.8) is 0 Å². The number of carbonyl (C=O) groups excluding carboxylic acids is 1. The fourth-order valence-electron chi connectivity index (χ4n) is 4.08. The number of urea groups is 1. The molecule has 12 heteroatoms. The van der Waals surface area contributed by atoms with Gasteiger partial charge in [0.05, 0.1) is 17.2 Å². The summed E-state index contributed by atoms with van der Waals surface area (Å²) in [6.07, 6.45) is -10.7. The Morgan fingerprint density at radius 2 is 1.45 bits per heavy atom. The van der Waals surface area contributed by atoms with E-state index < -0.39 is 58.8 Å². The summed E-state index contributed by atoms with van der Waals surface area (Å²) < 4.78 is 116. The Morgan fingerprint density at radius 1 is 0.825 bits per heavy atom. The summed E-state index contributed by atoms with van der Waals surface area (Å²) in [5.74, 6) is -2.48. The molecule has 0 saturated heterocycles. The highest BCUT2D eigenvalue weighted by atomic mass is 19.4. The second-order valence-electron chi connectivity index (χ2n) is 9.47. The fraction of sp³-hybridized carbons (Fsp3) is 0.321. The average Bonchev–Trinajstić information content (AvgIpc) is 2.83. The van der Waals surface area contributed by atoms with Gasteiger partial charge in [0.2, 0.25) is 0 Å². The van der Waals surface area contributed by atoms with E-state index in [1.807, 2.05) is 0 Å². The zero-order valence-electron chi connectivity index (χ0n) is 21.6. The number of amides is 2. The maximum Gasteiger partial charge on any atom is 0.416 e. The fourth-order valence-corrected chi connectivity index (χ4v) is 4.08. The predicted molar refractivity (Wildman–Crippen MR) is 132 cm³/mol. The van der Waals surface area contributed by atoms with Crippen LogP contribution in [0.2, 0.25) is 0 Å². The van der Waals surface area contributed by atoms with E-state index in [2.05, 4.69) is 5.32 Å². The van der Waals surface area contributed by atoms with E-state index in [1.54, 1.807) is 49.5 Å². The van der Waals surface area contributed by atoms with Crippen LogP contribution >= 0.6 is 0 Å². The minimum Gasteiger partial charge on any atom is -0.488 e. The van der Waals surface area contributed by atoms with Crippen molar-refractivity contribution in [1.29, 1.82) is 0 Å². The maximum atomic E-state index is 14.7. The Balaban J connectivity index is 2.33. The number of hydrogen-bond acceptors (Lipinski definition) is 2. The molecular weight excluding hydrogens is 548 g/mol. The number of hydrogen-bond donors (Lipinski definition) is 2. The van der Waals surface area contributed by atoms with Gasteiger partial charge in [-0.2, -0.15) is 26.3 Å². The Hall–Kier alpha value is -3.83. The van der Waals surface area contributed by atoms with Crippen LogP contribution in [0.4, 0.5) is 39.9 Å². The van der Waals surface area contributed by atoms with E-state index in [-0.39, 0.29) is 23.8 Å². The molecule has 216 valence electrons. The first kappa shape index (κ1) is 30.7. The number of halogens is 8. The van der Waals surface area contributed by atoms with Crippen molar-refractivity contribution in [2.24, 2.45) is 0 Å². The van der Waals surface area contributed by atoms with E-state index >= 15 is 0 Å². The second kappa shape index (κ2) is 11.7. The van der Waals surface area contributed by atoms with Crippen LogP contribution in [0, 0.1) is 11.6 Å². The van der Waals surface area contributed by atoms with Gasteiger partial charge >= 0.3 is 18.4 Å². The largest absolute Gasteiger partial charge is 0.488 e. The van der Waals surface area contributed by atoms with Gasteiger partial charge in [-0.05, 0) is 67.8 Å². The predicted octanol–water partition coefficient (Wildman–Crippen LogP) is 7.51. The third kappa shape index (κ3) is 7.42. The number of carbonyl (C=O) groups is 1. The minimum absolute atomic E-state index is 0.0676. The normalized spacial score (nSPS) is 14.4. The summed E-state index contributed by atoms with van der Waals surface area (Å²) in [7, 11) is 0. The first-order chi connectivity index (χ1) is 18.5. The second-order valence-corrected chi connectivity index (χ2v) is 9.47. The minimum atomic E-state index is -5.00. The van der Waals surface area contributed by atoms with Gasteiger partial charge < -0.3 is 15.4 Å². The Kier molecular flexibility index (Phi) is 9.00. The van der Waals surface area contributed by atoms with Gasteiger partial charge in [0, 0.05) is 6.42 Å². The van der Waals surface area contributed by atoms with Crippen LogP contribution in [0.25, 0.3) is 0 Å². The molecule has 0 radical (unpaired) electrons. The standard InChI is InChI=1S/C28H26F8N2O2/c1-16(2)40-24-14-19(9-10-23(24)30)26(15-18-7-5-4-6-8-18,38-25(39)37-17(3)27(31,32)33)20-11-21(28(34,35)36)13-22(29)12-20/h4-14,16-17H,15H2,1-3H3,(H2,37,38,39). The zero-order chi connectivity index (χ0) is 29.9. The molecule has 0 aliphatic rings. The van der Waals surface area contributed by atoms with Crippen LogP contribution in [-0.4, -0.2) is 24.4 Å². The van der Waals surface area contributed by atoms with Gasteiger partial charge in [0.15, 0.2) is 11.6 Å². The topological polar surface area (TPSA) is 50.4 Å². The van der Waals surface area contributed by atoms with Crippen LogP contribution in [0.5, 0.6) is 5.75 Å². The van der Waals surface area contributed by atoms with Gasteiger partial charge in [0.1, 0.15) is 11.9 Å². The molecule has 0 saturated carbocycles. The number of benzene rings is 3. The molecule has 2 atom stereocenters. The summed E-state index contributed by atoms with van der Waals surface area (Å²) in [5.41, 5.74) is -3.61. The van der Waals surface area contributed by atoms with Crippen LogP contribution in [0.15, 0.2) is 66.7 Å². The smallest absolute Gasteiger partial charge is 0.416 e. The van der Waals surface area contributed by atoms with Crippen molar-refractivity contribution in [1.82, 2.24) is 10.6 Å². The Bertz CT molecular complexity index is 1330. The quantitative estimate of drug-likeness (QED) is 0.274. The molecule has 2 unspecified atom stereocenters. The monoisotopic (exact) mass is 574 g/mol. The summed E-state index contributed by atoms with van der Waals surface area (Å²) >= 11 is 0. The first-order valence-electron chi connectivity index (χ1n) is 12.1. The van der Waals surface area contributed by atoms with Crippen LogP contribution < -0.4 is 15.4 Å². The van der Waals surface area contributed by atoms with E-state index in [9.17, 15) is 39.9 Å². The van der Waals surface area contributed by atoms with Crippen LogP contribution in [-0.2, 0) is 18.1 Å². The summed E-state index contributed by atoms with van der Waals surface area (Å²) in [5, 5.41) is 4.08. The first-order valence-corrected chi connectivity index (χ1v) is 12.1. The van der Waals surface area contributed by atoms with Crippen LogP contribution in [0.3, 0.4) is 0 Å². The van der Waals surface area contributed by atoms with Gasteiger partial charge in [-0.3, -0.25) is 0 Å². The summed E-state index contributed by atoms with van der Waals surface area (Å²) in [6, 6.07) is 8.97. The molecular formula is C28H26F8N2O2. The van der Waals surface area contributed by atoms with Gasteiger partial charge in [0.25, 0.3) is 0 Å². The van der Waals surface area contributed by atoms with Crippen molar-refractivity contribution in [2.75, 3.05) is 0 Å². The molecule has 0 aromatic heterocycles. The van der Waals surface area contributed by atoms with E-state index in [0.29, 0.717) is 18.6 Å². The Labute approximate surface area is 225 Å². The molecule has 0 heterocycles. The number of ether oxygens (including phenoxy) is 1. The average molecular weight is 575 g/mol. The third-order valence-corrected chi connectivity index (χ3v) is 5.98. The molecule has 0 fully saturated rings. The van der Waals surface area contributed by atoms with Gasteiger partial charge in [-0.1, -0.05) is 36.4 Å². The lowest BCUT2D eigenvalue weighted by molar-refractivity contribution is -0.148. The Morgan fingerprint density at radius 3 is 2.02 bits per heavy atom. The molecule has 3 aromatic rings. The number of nitrogens with one attached hydrogen (secondary N) is 2.